The SMILES string of the molecule is CCCCN(C1CC1)S(=O)(=O)c1ccc(CO)s1. The maximum atomic E-state index is 12.5. The second-order valence-electron chi connectivity index (χ2n) is 4.58. The fourth-order valence-corrected chi connectivity index (χ4v) is 4.94. The van der Waals surface area contributed by atoms with Crippen LogP contribution in [0.25, 0.3) is 0 Å². The van der Waals surface area contributed by atoms with E-state index in [-0.39, 0.29) is 12.6 Å². The molecule has 0 saturated heterocycles. The van der Waals surface area contributed by atoms with Crippen LogP contribution in [0.3, 0.4) is 0 Å². The molecule has 4 nitrogen and oxygen atoms in total. The van der Waals surface area contributed by atoms with Gasteiger partial charge in [-0.05, 0) is 31.4 Å². The van der Waals surface area contributed by atoms with Crippen molar-refractivity contribution < 1.29 is 13.5 Å². The number of nitrogens with zero attached hydrogens (tertiary/aromatic N) is 1. The lowest BCUT2D eigenvalue weighted by atomic mass is 10.3. The summed E-state index contributed by atoms with van der Waals surface area (Å²) in [7, 11) is -3.36. The van der Waals surface area contributed by atoms with Crippen LogP contribution in [-0.2, 0) is 16.6 Å². The summed E-state index contributed by atoms with van der Waals surface area (Å²) in [5.74, 6) is 0. The van der Waals surface area contributed by atoms with E-state index in [0.29, 0.717) is 15.6 Å². The highest BCUT2D eigenvalue weighted by atomic mass is 32.2. The molecule has 0 unspecified atom stereocenters. The summed E-state index contributed by atoms with van der Waals surface area (Å²) in [6.45, 7) is 2.57. The third kappa shape index (κ3) is 2.93. The highest BCUT2D eigenvalue weighted by molar-refractivity contribution is 7.91. The first-order valence-electron chi connectivity index (χ1n) is 6.31. The minimum absolute atomic E-state index is 0.0986. The fraction of sp³-hybridized carbons (Fsp3) is 0.667. The van der Waals surface area contributed by atoms with Crippen molar-refractivity contribution in [3.8, 4) is 0 Å². The minimum atomic E-state index is -3.36. The third-order valence-corrected chi connectivity index (χ3v) is 6.53. The number of hydrogen-bond acceptors (Lipinski definition) is 4. The molecule has 0 aliphatic heterocycles. The molecule has 0 aromatic carbocycles. The van der Waals surface area contributed by atoms with Crippen molar-refractivity contribution >= 4 is 21.4 Å². The Morgan fingerprint density at radius 2 is 2.17 bits per heavy atom. The van der Waals surface area contributed by atoms with Crippen molar-refractivity contribution in [2.75, 3.05) is 6.54 Å². The molecule has 1 N–H and O–H groups in total. The Morgan fingerprint density at radius 1 is 1.44 bits per heavy atom. The van der Waals surface area contributed by atoms with E-state index in [4.69, 9.17) is 5.11 Å². The molecule has 0 atom stereocenters. The Kier molecular flexibility index (Phi) is 4.42. The highest BCUT2D eigenvalue weighted by Gasteiger charge is 2.38. The van der Waals surface area contributed by atoms with Crippen molar-refractivity contribution in [3.05, 3.63) is 17.0 Å². The maximum Gasteiger partial charge on any atom is 0.252 e. The predicted molar refractivity (Wildman–Crippen MR) is 72.1 cm³/mol. The second-order valence-corrected chi connectivity index (χ2v) is 7.87. The molecular weight excluding hydrogens is 270 g/mol. The molecule has 0 spiro atoms. The monoisotopic (exact) mass is 289 g/mol. The number of sulfonamides is 1. The summed E-state index contributed by atoms with van der Waals surface area (Å²) in [5.41, 5.74) is 0. The Bertz CT molecular complexity index is 491. The number of aliphatic hydroxyl groups is 1. The molecule has 102 valence electrons. The molecule has 1 fully saturated rings. The standard InChI is InChI=1S/C12H19NO3S2/c1-2-3-8-13(10-4-5-10)18(15,16)12-7-6-11(9-14)17-12/h6-7,10,14H,2-5,8-9H2,1H3. The lowest BCUT2D eigenvalue weighted by Crippen LogP contribution is -2.33. The summed E-state index contributed by atoms with van der Waals surface area (Å²) in [4.78, 5) is 0.694. The fourth-order valence-electron chi connectivity index (χ4n) is 1.87. The molecule has 1 aromatic rings. The van der Waals surface area contributed by atoms with E-state index >= 15 is 0 Å². The number of unbranched alkanes of at least 4 members (excludes halogenated alkanes) is 1. The minimum Gasteiger partial charge on any atom is -0.391 e. The summed E-state index contributed by atoms with van der Waals surface area (Å²) in [6, 6.07) is 3.48. The molecule has 0 radical (unpaired) electrons. The summed E-state index contributed by atoms with van der Waals surface area (Å²) in [5, 5.41) is 9.02. The molecule has 2 rings (SSSR count). The van der Waals surface area contributed by atoms with Crippen molar-refractivity contribution in [1.29, 1.82) is 0 Å². The van der Waals surface area contributed by atoms with E-state index in [1.807, 2.05) is 0 Å². The first-order valence-corrected chi connectivity index (χ1v) is 8.56. The lowest BCUT2D eigenvalue weighted by molar-refractivity contribution is 0.285. The highest BCUT2D eigenvalue weighted by Crippen LogP contribution is 2.34. The molecule has 0 bridgehead atoms. The van der Waals surface area contributed by atoms with Gasteiger partial charge in [0.1, 0.15) is 4.21 Å². The molecular formula is C12H19NO3S2. The smallest absolute Gasteiger partial charge is 0.252 e. The van der Waals surface area contributed by atoms with Crippen LogP contribution in [0.2, 0.25) is 0 Å². The van der Waals surface area contributed by atoms with Crippen LogP contribution >= 0.6 is 11.3 Å². The van der Waals surface area contributed by atoms with Gasteiger partial charge in [-0.3, -0.25) is 0 Å². The Morgan fingerprint density at radius 3 is 2.67 bits per heavy atom. The molecule has 1 saturated carbocycles. The van der Waals surface area contributed by atoms with E-state index in [1.54, 1.807) is 16.4 Å². The second kappa shape index (κ2) is 5.69. The number of aliphatic hydroxyl groups excluding tert-OH is 1. The largest absolute Gasteiger partial charge is 0.391 e. The lowest BCUT2D eigenvalue weighted by Gasteiger charge is -2.20. The Labute approximate surface area is 112 Å². The zero-order valence-electron chi connectivity index (χ0n) is 10.5. The molecule has 1 aliphatic rings. The van der Waals surface area contributed by atoms with Gasteiger partial charge in [0.25, 0.3) is 10.0 Å². The van der Waals surface area contributed by atoms with E-state index < -0.39 is 10.0 Å². The summed E-state index contributed by atoms with van der Waals surface area (Å²) < 4.78 is 27.0. The van der Waals surface area contributed by atoms with Crippen LogP contribution in [0.4, 0.5) is 0 Å². The zero-order chi connectivity index (χ0) is 13.2. The maximum absolute atomic E-state index is 12.5. The molecule has 18 heavy (non-hydrogen) atoms. The van der Waals surface area contributed by atoms with Crippen LogP contribution in [0.1, 0.15) is 37.5 Å². The zero-order valence-corrected chi connectivity index (χ0v) is 12.1. The predicted octanol–water partition coefficient (Wildman–Crippen LogP) is 2.19. The molecule has 1 aromatic heterocycles. The van der Waals surface area contributed by atoms with Gasteiger partial charge < -0.3 is 5.11 Å². The van der Waals surface area contributed by atoms with Crippen molar-refractivity contribution in [2.45, 2.75) is 49.5 Å². The van der Waals surface area contributed by atoms with E-state index in [9.17, 15) is 8.42 Å². The van der Waals surface area contributed by atoms with Crippen LogP contribution in [0, 0.1) is 0 Å². The van der Waals surface area contributed by atoms with Gasteiger partial charge >= 0.3 is 0 Å². The number of rotatable bonds is 7. The van der Waals surface area contributed by atoms with Gasteiger partial charge in [0.05, 0.1) is 6.61 Å². The normalized spacial score (nSPS) is 16.4. The van der Waals surface area contributed by atoms with E-state index in [0.717, 1.165) is 25.7 Å². The van der Waals surface area contributed by atoms with Crippen LogP contribution in [0.15, 0.2) is 16.3 Å². The van der Waals surface area contributed by atoms with E-state index in [1.165, 1.54) is 11.3 Å². The third-order valence-electron chi connectivity index (χ3n) is 3.04. The van der Waals surface area contributed by atoms with E-state index in [2.05, 4.69) is 6.92 Å². The summed E-state index contributed by atoms with van der Waals surface area (Å²) in [6.07, 6.45) is 3.83. The van der Waals surface area contributed by atoms with Gasteiger partial charge in [0.2, 0.25) is 0 Å². The first-order chi connectivity index (χ1) is 8.59. The molecule has 0 amide bonds. The van der Waals surface area contributed by atoms with Crippen LogP contribution in [-0.4, -0.2) is 30.4 Å². The van der Waals surface area contributed by atoms with Gasteiger partial charge in [-0.2, -0.15) is 4.31 Å². The topological polar surface area (TPSA) is 57.6 Å². The Balaban J connectivity index is 2.21. The van der Waals surface area contributed by atoms with Gasteiger partial charge in [0, 0.05) is 17.5 Å². The number of thiophene rings is 1. The number of hydrogen-bond donors (Lipinski definition) is 1. The average Bonchev–Trinajstić information content (AvgIpc) is 3.05. The van der Waals surface area contributed by atoms with Crippen LogP contribution in [0.5, 0.6) is 0 Å². The quantitative estimate of drug-likeness (QED) is 0.837. The van der Waals surface area contributed by atoms with Crippen molar-refractivity contribution in [1.82, 2.24) is 4.31 Å². The Hall–Kier alpha value is -0.430. The van der Waals surface area contributed by atoms with Crippen molar-refractivity contribution in [2.24, 2.45) is 0 Å². The van der Waals surface area contributed by atoms with Gasteiger partial charge in [-0.15, -0.1) is 11.3 Å². The molecule has 1 heterocycles. The summed E-state index contributed by atoms with van der Waals surface area (Å²) >= 11 is 1.17. The van der Waals surface area contributed by atoms with Gasteiger partial charge in [-0.25, -0.2) is 8.42 Å². The molecule has 6 heteroatoms. The molecule has 1 aliphatic carbocycles. The van der Waals surface area contributed by atoms with Gasteiger partial charge in [-0.1, -0.05) is 13.3 Å². The van der Waals surface area contributed by atoms with Crippen LogP contribution < -0.4 is 0 Å². The average molecular weight is 289 g/mol. The first kappa shape index (κ1) is 14.0. The van der Waals surface area contributed by atoms with Crippen molar-refractivity contribution in [3.63, 3.8) is 0 Å². The van der Waals surface area contributed by atoms with Gasteiger partial charge in [0.15, 0.2) is 0 Å².